The molecule has 1 fully saturated rings. The van der Waals surface area contributed by atoms with Gasteiger partial charge in [-0.05, 0) is 25.3 Å². The molecule has 1 aliphatic rings. The zero-order valence-electron chi connectivity index (χ0n) is 9.44. The molecule has 2 unspecified atom stereocenters. The summed E-state index contributed by atoms with van der Waals surface area (Å²) in [4.78, 5) is 0. The maximum absolute atomic E-state index is 5.50. The summed E-state index contributed by atoms with van der Waals surface area (Å²) in [6, 6.07) is 0.978. The van der Waals surface area contributed by atoms with Crippen LogP contribution in [-0.4, -0.2) is 35.1 Å². The van der Waals surface area contributed by atoms with Crippen LogP contribution < -0.4 is 5.32 Å². The predicted molar refractivity (Wildman–Crippen MR) is 58.7 cm³/mol. The Morgan fingerprint density at radius 3 is 3.13 bits per heavy atom. The number of hydrogen-bond acceptors (Lipinski definition) is 3. The van der Waals surface area contributed by atoms with Crippen LogP contribution in [0.2, 0.25) is 0 Å². The molecule has 0 aliphatic carbocycles. The summed E-state index contributed by atoms with van der Waals surface area (Å²) < 4.78 is 7.35. The van der Waals surface area contributed by atoms with Gasteiger partial charge in [-0.15, -0.1) is 0 Å². The van der Waals surface area contributed by atoms with Crippen LogP contribution in [-0.2, 0) is 18.2 Å². The Hall–Kier alpha value is -0.870. The molecule has 0 saturated carbocycles. The van der Waals surface area contributed by atoms with Crippen molar-refractivity contribution in [1.29, 1.82) is 0 Å². The molecule has 0 bridgehead atoms. The maximum atomic E-state index is 5.50. The van der Waals surface area contributed by atoms with Crippen LogP contribution in [0.1, 0.15) is 18.9 Å². The van der Waals surface area contributed by atoms with E-state index in [1.807, 2.05) is 17.9 Å². The third-order valence-corrected chi connectivity index (χ3v) is 2.75. The second kappa shape index (κ2) is 4.77. The first-order chi connectivity index (χ1) is 7.24. The van der Waals surface area contributed by atoms with Crippen molar-refractivity contribution in [2.75, 3.05) is 13.2 Å². The molecule has 1 N–H and O–H groups in total. The first-order valence-corrected chi connectivity index (χ1v) is 5.55. The van der Waals surface area contributed by atoms with Gasteiger partial charge in [-0.3, -0.25) is 4.68 Å². The number of morpholine rings is 1. The number of rotatable bonds is 3. The molecule has 1 aromatic heterocycles. The van der Waals surface area contributed by atoms with E-state index in [1.165, 1.54) is 5.56 Å². The van der Waals surface area contributed by atoms with Crippen LogP contribution in [0.5, 0.6) is 0 Å². The predicted octanol–water partition coefficient (Wildman–Crippen LogP) is 0.730. The van der Waals surface area contributed by atoms with Crippen molar-refractivity contribution >= 4 is 0 Å². The van der Waals surface area contributed by atoms with Crippen LogP contribution >= 0.6 is 0 Å². The van der Waals surface area contributed by atoms with Crippen molar-refractivity contribution < 1.29 is 4.74 Å². The van der Waals surface area contributed by atoms with E-state index in [4.69, 9.17) is 4.74 Å². The highest BCUT2D eigenvalue weighted by atomic mass is 16.5. The van der Waals surface area contributed by atoms with Crippen molar-refractivity contribution in [3.8, 4) is 0 Å². The zero-order valence-corrected chi connectivity index (χ0v) is 9.44. The van der Waals surface area contributed by atoms with E-state index >= 15 is 0 Å². The number of nitrogens with one attached hydrogen (secondary N) is 1. The van der Waals surface area contributed by atoms with Gasteiger partial charge in [-0.25, -0.2) is 0 Å². The van der Waals surface area contributed by atoms with Gasteiger partial charge in [-0.1, -0.05) is 0 Å². The Labute approximate surface area is 90.6 Å². The molecule has 15 heavy (non-hydrogen) atoms. The standard InChI is InChI=1S/C11H19N3O/c1-9-7-15-8-11(13-9)4-3-10-5-12-14(2)6-10/h5-6,9,11,13H,3-4,7-8H2,1-2H3. The van der Waals surface area contributed by atoms with Gasteiger partial charge in [0.25, 0.3) is 0 Å². The number of aryl methyl sites for hydroxylation is 2. The van der Waals surface area contributed by atoms with Gasteiger partial charge in [0.2, 0.25) is 0 Å². The van der Waals surface area contributed by atoms with Gasteiger partial charge in [0.05, 0.1) is 19.4 Å². The smallest absolute Gasteiger partial charge is 0.0620 e. The fourth-order valence-electron chi connectivity index (χ4n) is 1.99. The normalized spacial score (nSPS) is 26.8. The second-order valence-corrected chi connectivity index (χ2v) is 4.36. The quantitative estimate of drug-likeness (QED) is 0.797. The Bertz CT molecular complexity index is 311. The lowest BCUT2D eigenvalue weighted by molar-refractivity contribution is 0.0483. The van der Waals surface area contributed by atoms with Gasteiger partial charge in [0.1, 0.15) is 0 Å². The molecular formula is C11H19N3O. The van der Waals surface area contributed by atoms with Crippen LogP contribution in [0.25, 0.3) is 0 Å². The van der Waals surface area contributed by atoms with E-state index < -0.39 is 0 Å². The molecule has 2 rings (SSSR count). The van der Waals surface area contributed by atoms with Gasteiger partial charge in [0, 0.05) is 25.3 Å². The van der Waals surface area contributed by atoms with Crippen LogP contribution in [0.3, 0.4) is 0 Å². The van der Waals surface area contributed by atoms with Crippen molar-refractivity contribution in [2.24, 2.45) is 7.05 Å². The second-order valence-electron chi connectivity index (χ2n) is 4.36. The van der Waals surface area contributed by atoms with Crippen LogP contribution in [0.4, 0.5) is 0 Å². The van der Waals surface area contributed by atoms with E-state index in [2.05, 4.69) is 23.5 Å². The number of ether oxygens (including phenoxy) is 1. The van der Waals surface area contributed by atoms with Gasteiger partial charge in [-0.2, -0.15) is 5.10 Å². The molecule has 0 radical (unpaired) electrons. The minimum absolute atomic E-state index is 0.484. The molecule has 0 aromatic carbocycles. The average Bonchev–Trinajstić information content (AvgIpc) is 2.62. The lowest BCUT2D eigenvalue weighted by Crippen LogP contribution is -2.47. The Balaban J connectivity index is 1.77. The molecule has 1 aromatic rings. The van der Waals surface area contributed by atoms with Crippen LogP contribution in [0.15, 0.2) is 12.4 Å². The average molecular weight is 209 g/mol. The highest BCUT2D eigenvalue weighted by Gasteiger charge is 2.17. The van der Waals surface area contributed by atoms with Crippen molar-refractivity contribution in [3.63, 3.8) is 0 Å². The van der Waals surface area contributed by atoms with Gasteiger partial charge in [0.15, 0.2) is 0 Å². The summed E-state index contributed by atoms with van der Waals surface area (Å²) in [6.45, 7) is 3.84. The summed E-state index contributed by atoms with van der Waals surface area (Å²) >= 11 is 0. The van der Waals surface area contributed by atoms with E-state index in [0.29, 0.717) is 12.1 Å². The summed E-state index contributed by atoms with van der Waals surface area (Å²) in [5.74, 6) is 0. The first-order valence-electron chi connectivity index (χ1n) is 5.55. The topological polar surface area (TPSA) is 39.1 Å². The molecule has 1 aliphatic heterocycles. The van der Waals surface area contributed by atoms with E-state index in [-0.39, 0.29) is 0 Å². The first kappa shape index (κ1) is 10.6. The Morgan fingerprint density at radius 2 is 2.47 bits per heavy atom. The van der Waals surface area contributed by atoms with Gasteiger partial charge < -0.3 is 10.1 Å². The molecule has 2 heterocycles. The summed E-state index contributed by atoms with van der Waals surface area (Å²) in [5.41, 5.74) is 1.30. The molecule has 0 spiro atoms. The van der Waals surface area contributed by atoms with Gasteiger partial charge >= 0.3 is 0 Å². The molecular weight excluding hydrogens is 190 g/mol. The number of nitrogens with zero attached hydrogens (tertiary/aromatic N) is 2. The lowest BCUT2D eigenvalue weighted by atomic mass is 10.1. The minimum atomic E-state index is 0.484. The van der Waals surface area contributed by atoms with E-state index in [1.54, 1.807) is 0 Å². The largest absolute Gasteiger partial charge is 0.378 e. The third-order valence-electron chi connectivity index (χ3n) is 2.75. The van der Waals surface area contributed by atoms with Crippen molar-refractivity contribution in [3.05, 3.63) is 18.0 Å². The maximum Gasteiger partial charge on any atom is 0.0620 e. The molecule has 84 valence electrons. The fourth-order valence-corrected chi connectivity index (χ4v) is 1.99. The van der Waals surface area contributed by atoms with E-state index in [9.17, 15) is 0 Å². The molecule has 1 saturated heterocycles. The fraction of sp³-hybridized carbons (Fsp3) is 0.727. The number of hydrogen-bond donors (Lipinski definition) is 1. The zero-order chi connectivity index (χ0) is 10.7. The number of aromatic nitrogens is 2. The molecule has 4 nitrogen and oxygen atoms in total. The molecule has 0 amide bonds. The summed E-state index contributed by atoms with van der Waals surface area (Å²) in [6.07, 6.45) is 6.21. The monoisotopic (exact) mass is 209 g/mol. The Kier molecular flexibility index (Phi) is 3.38. The summed E-state index contributed by atoms with van der Waals surface area (Å²) in [7, 11) is 1.95. The molecule has 2 atom stereocenters. The lowest BCUT2D eigenvalue weighted by Gasteiger charge is -2.28. The van der Waals surface area contributed by atoms with Crippen molar-refractivity contribution in [2.45, 2.75) is 31.8 Å². The van der Waals surface area contributed by atoms with E-state index in [0.717, 1.165) is 26.1 Å². The Morgan fingerprint density at radius 1 is 1.60 bits per heavy atom. The molecule has 4 heteroatoms. The highest BCUT2D eigenvalue weighted by Crippen LogP contribution is 2.08. The van der Waals surface area contributed by atoms with Crippen LogP contribution in [0, 0.1) is 0 Å². The van der Waals surface area contributed by atoms with Crippen molar-refractivity contribution in [1.82, 2.24) is 15.1 Å². The highest BCUT2D eigenvalue weighted by molar-refractivity contribution is 5.04. The summed E-state index contributed by atoms with van der Waals surface area (Å²) in [5, 5.41) is 7.70. The SMILES string of the molecule is CC1COCC(CCc2cnn(C)c2)N1. The third kappa shape index (κ3) is 3.04. The minimum Gasteiger partial charge on any atom is -0.378 e.